The number of halogens is 2. The van der Waals surface area contributed by atoms with E-state index in [1.54, 1.807) is 37.0 Å². The second kappa shape index (κ2) is 6.15. The third-order valence-electron chi connectivity index (χ3n) is 2.74. The van der Waals surface area contributed by atoms with Gasteiger partial charge in [0.1, 0.15) is 17.6 Å². The van der Waals surface area contributed by atoms with Crippen LogP contribution in [-0.2, 0) is 11.8 Å². The Labute approximate surface area is 120 Å². The fourth-order valence-corrected chi connectivity index (χ4v) is 1.83. The smallest absolute Gasteiger partial charge is 0.133 e. The first kappa shape index (κ1) is 14.7. The van der Waals surface area contributed by atoms with Crippen molar-refractivity contribution >= 4 is 17.2 Å². The molecule has 0 aliphatic heterocycles. The van der Waals surface area contributed by atoms with Gasteiger partial charge in [0.2, 0.25) is 0 Å². The van der Waals surface area contributed by atoms with E-state index in [0.29, 0.717) is 5.70 Å². The number of hydrogen-bond donors (Lipinski definition) is 1. The number of nitrogens with zero attached hydrogens (tertiary/aromatic N) is 2. The fraction of sp³-hybridized carbons (Fsp3) is 0.133. The topological polar surface area (TPSA) is 46.9 Å². The second-order valence-electron chi connectivity index (χ2n) is 4.49. The second-order valence-corrected chi connectivity index (χ2v) is 4.49. The highest BCUT2D eigenvalue weighted by Gasteiger charge is 2.09. The highest BCUT2D eigenvalue weighted by atomic mass is 19.1. The number of carbonyl (C=O) groups excluding carboxylic acids is 1. The number of nitrogens with one attached hydrogen (secondary N) is 1. The minimum Gasteiger partial charge on any atom is -0.357 e. The number of allylic oxidation sites excluding steroid dienone is 3. The van der Waals surface area contributed by atoms with Gasteiger partial charge in [-0.05, 0) is 31.2 Å². The van der Waals surface area contributed by atoms with Crippen molar-refractivity contribution in [2.45, 2.75) is 6.92 Å². The summed E-state index contributed by atoms with van der Waals surface area (Å²) in [5.74, 6) is 0.331. The number of aromatic nitrogens is 2. The predicted molar refractivity (Wildman–Crippen MR) is 76.0 cm³/mol. The normalized spacial score (nSPS) is 11.1. The van der Waals surface area contributed by atoms with E-state index in [4.69, 9.17) is 0 Å². The largest absolute Gasteiger partial charge is 0.357 e. The minimum absolute atomic E-state index is 0.0686. The Hall–Kier alpha value is -2.72. The summed E-state index contributed by atoms with van der Waals surface area (Å²) in [4.78, 5) is 11.0. The molecule has 1 aromatic carbocycles. The van der Waals surface area contributed by atoms with Crippen LogP contribution in [-0.4, -0.2) is 15.7 Å². The van der Waals surface area contributed by atoms with Gasteiger partial charge in [0.15, 0.2) is 0 Å². The predicted octanol–water partition coefficient (Wildman–Crippen LogP) is 2.93. The number of anilines is 1. The molecule has 4 nitrogen and oxygen atoms in total. The number of hydrogen-bond acceptors (Lipinski definition) is 3. The van der Waals surface area contributed by atoms with Gasteiger partial charge in [-0.15, -0.1) is 0 Å². The monoisotopic (exact) mass is 289 g/mol. The molecule has 21 heavy (non-hydrogen) atoms. The molecular formula is C15H13F2N3O. The minimum atomic E-state index is -0.680. The van der Waals surface area contributed by atoms with Crippen molar-refractivity contribution in [1.29, 1.82) is 0 Å². The molecule has 1 heterocycles. The van der Waals surface area contributed by atoms with E-state index >= 15 is 0 Å². The molecule has 1 N–H and O–H groups in total. The summed E-state index contributed by atoms with van der Waals surface area (Å²) < 4.78 is 28.4. The lowest BCUT2D eigenvalue weighted by Gasteiger charge is -2.05. The van der Waals surface area contributed by atoms with Crippen LogP contribution in [0.15, 0.2) is 42.4 Å². The molecular weight excluding hydrogens is 276 g/mol. The molecule has 0 fully saturated rings. The molecule has 0 saturated heterocycles. The molecule has 1 aromatic heterocycles. The summed E-state index contributed by atoms with van der Waals surface area (Å²) in [6.45, 7) is 1.70. The van der Waals surface area contributed by atoms with Crippen molar-refractivity contribution in [1.82, 2.24) is 9.78 Å². The van der Waals surface area contributed by atoms with Crippen molar-refractivity contribution in [2.24, 2.45) is 7.05 Å². The van der Waals surface area contributed by atoms with Crippen LogP contribution in [0.2, 0.25) is 0 Å². The molecule has 108 valence electrons. The van der Waals surface area contributed by atoms with E-state index in [1.165, 1.54) is 6.08 Å². The van der Waals surface area contributed by atoms with Gasteiger partial charge < -0.3 is 5.32 Å². The van der Waals surface area contributed by atoms with Crippen molar-refractivity contribution in [3.05, 3.63) is 59.6 Å². The average Bonchev–Trinajstić information content (AvgIpc) is 2.84. The molecule has 0 spiro atoms. The van der Waals surface area contributed by atoms with Crippen molar-refractivity contribution in [3.63, 3.8) is 0 Å². The summed E-state index contributed by atoms with van der Waals surface area (Å²) >= 11 is 0. The maximum atomic E-state index is 13.7. The Morgan fingerprint density at radius 1 is 1.43 bits per heavy atom. The van der Waals surface area contributed by atoms with Crippen LogP contribution in [0.4, 0.5) is 14.5 Å². The molecule has 0 radical (unpaired) electrons. The molecule has 6 heteroatoms. The first-order valence-corrected chi connectivity index (χ1v) is 6.14. The van der Waals surface area contributed by atoms with Crippen LogP contribution in [0.25, 0.3) is 5.57 Å². The van der Waals surface area contributed by atoms with E-state index in [9.17, 15) is 13.6 Å². The van der Waals surface area contributed by atoms with Crippen LogP contribution in [0.3, 0.4) is 0 Å². The summed E-state index contributed by atoms with van der Waals surface area (Å²) in [6.07, 6.45) is 4.74. The summed E-state index contributed by atoms with van der Waals surface area (Å²) in [5, 5.41) is 6.98. The molecule has 0 bridgehead atoms. The third-order valence-corrected chi connectivity index (χ3v) is 2.74. The Balaban J connectivity index is 2.28. The van der Waals surface area contributed by atoms with Gasteiger partial charge in [0.25, 0.3) is 0 Å². The number of aryl methyl sites for hydroxylation is 1. The highest BCUT2D eigenvalue weighted by molar-refractivity contribution is 5.94. The average molecular weight is 289 g/mol. The maximum Gasteiger partial charge on any atom is 0.133 e. The van der Waals surface area contributed by atoms with Crippen molar-refractivity contribution in [2.75, 3.05) is 5.32 Å². The van der Waals surface area contributed by atoms with Gasteiger partial charge in [-0.3, -0.25) is 4.68 Å². The molecule has 0 aliphatic carbocycles. The molecule has 2 aromatic rings. The van der Waals surface area contributed by atoms with Gasteiger partial charge in [-0.2, -0.15) is 5.10 Å². The van der Waals surface area contributed by atoms with Gasteiger partial charge in [0, 0.05) is 24.5 Å². The lowest BCUT2D eigenvalue weighted by atomic mass is 10.1. The zero-order valence-corrected chi connectivity index (χ0v) is 11.5. The molecule has 0 saturated carbocycles. The van der Waals surface area contributed by atoms with Crippen molar-refractivity contribution in [3.8, 4) is 0 Å². The maximum absolute atomic E-state index is 13.7. The quantitative estimate of drug-likeness (QED) is 0.695. The number of benzene rings is 1. The van der Waals surface area contributed by atoms with Crippen molar-refractivity contribution < 1.29 is 13.6 Å². The lowest BCUT2D eigenvalue weighted by Crippen LogP contribution is -1.97. The summed E-state index contributed by atoms with van der Waals surface area (Å²) in [6, 6.07) is 2.93. The van der Waals surface area contributed by atoms with E-state index in [2.05, 4.69) is 10.4 Å². The number of rotatable bonds is 4. The van der Waals surface area contributed by atoms with E-state index in [-0.39, 0.29) is 11.1 Å². The summed E-state index contributed by atoms with van der Waals surface area (Å²) in [7, 11) is 1.77. The zero-order valence-electron chi connectivity index (χ0n) is 11.5. The zero-order chi connectivity index (χ0) is 15.4. The Kier molecular flexibility index (Phi) is 4.30. The standard InChI is InChI=1S/C15H13F2N3O/c1-10(19-13-7-18-20(2)8-13)5-11(9-21)14-6-12(16)3-4-15(14)17/h3-8,19H,1-2H3/b10-5-. The lowest BCUT2D eigenvalue weighted by molar-refractivity contribution is 0.569. The Bertz CT molecular complexity index is 743. The SMILES string of the molecule is C/C(=C/C(=C=O)c1cc(F)ccc1F)Nc1cnn(C)c1. The molecule has 2 rings (SSSR count). The molecule has 0 aliphatic rings. The summed E-state index contributed by atoms with van der Waals surface area (Å²) in [5.41, 5.74) is 1.10. The van der Waals surface area contributed by atoms with Crippen LogP contribution < -0.4 is 5.32 Å². The van der Waals surface area contributed by atoms with Gasteiger partial charge >= 0.3 is 0 Å². The highest BCUT2D eigenvalue weighted by Crippen LogP contribution is 2.20. The third kappa shape index (κ3) is 3.64. The van der Waals surface area contributed by atoms with Crippen LogP contribution in [0, 0.1) is 11.6 Å². The Morgan fingerprint density at radius 3 is 2.81 bits per heavy atom. The van der Waals surface area contributed by atoms with Gasteiger partial charge in [-0.1, -0.05) is 0 Å². The first-order valence-electron chi connectivity index (χ1n) is 6.14. The van der Waals surface area contributed by atoms with Gasteiger partial charge in [-0.25, -0.2) is 13.6 Å². The fourth-order valence-electron chi connectivity index (χ4n) is 1.83. The molecule has 0 atom stereocenters. The first-order chi connectivity index (χ1) is 9.99. The van der Waals surface area contributed by atoms with Crippen LogP contribution in [0.1, 0.15) is 12.5 Å². The molecule has 0 amide bonds. The van der Waals surface area contributed by atoms with E-state index in [0.717, 1.165) is 23.9 Å². The molecule has 0 unspecified atom stereocenters. The van der Waals surface area contributed by atoms with E-state index in [1.807, 2.05) is 0 Å². The Morgan fingerprint density at radius 2 is 2.19 bits per heavy atom. The van der Waals surface area contributed by atoms with E-state index < -0.39 is 11.6 Å². The van der Waals surface area contributed by atoms with Crippen LogP contribution in [0.5, 0.6) is 0 Å². The van der Waals surface area contributed by atoms with Crippen LogP contribution >= 0.6 is 0 Å². The van der Waals surface area contributed by atoms with Gasteiger partial charge in [0.05, 0.1) is 17.5 Å².